The van der Waals surface area contributed by atoms with Gasteiger partial charge in [0.1, 0.15) is 0 Å². The Morgan fingerprint density at radius 3 is 2.81 bits per heavy atom. The number of aryl methyl sites for hydroxylation is 1. The van der Waals surface area contributed by atoms with Crippen molar-refractivity contribution in [3.63, 3.8) is 0 Å². The van der Waals surface area contributed by atoms with Crippen molar-refractivity contribution in [3.8, 4) is 11.3 Å². The van der Waals surface area contributed by atoms with E-state index >= 15 is 0 Å². The molecule has 5 heteroatoms. The predicted molar refractivity (Wildman–Crippen MR) is 82.9 cm³/mol. The number of hydrogen-bond acceptors (Lipinski definition) is 4. The van der Waals surface area contributed by atoms with Gasteiger partial charge in [-0.05, 0) is 33.2 Å². The Morgan fingerprint density at radius 1 is 1.24 bits per heavy atom. The maximum absolute atomic E-state index is 4.83. The summed E-state index contributed by atoms with van der Waals surface area (Å²) in [6.45, 7) is 6.81. The summed E-state index contributed by atoms with van der Waals surface area (Å²) in [7, 11) is 1.92. The summed E-state index contributed by atoms with van der Waals surface area (Å²) in [6, 6.07) is 0.599. The third-order valence-corrected chi connectivity index (χ3v) is 4.26. The second-order valence-electron chi connectivity index (χ2n) is 6.16. The van der Waals surface area contributed by atoms with Crippen molar-refractivity contribution in [2.45, 2.75) is 38.6 Å². The quantitative estimate of drug-likeness (QED) is 0.869. The third kappa shape index (κ3) is 3.13. The van der Waals surface area contributed by atoms with E-state index < -0.39 is 0 Å². The molecular formula is C16H23N5. The minimum absolute atomic E-state index is 0.491. The predicted octanol–water partition coefficient (Wildman–Crippen LogP) is 2.46. The van der Waals surface area contributed by atoms with E-state index in [1.165, 1.54) is 19.4 Å². The second kappa shape index (κ2) is 5.93. The highest BCUT2D eigenvalue weighted by Gasteiger charge is 2.24. The fourth-order valence-electron chi connectivity index (χ4n) is 2.99. The molecule has 1 aliphatic heterocycles. The van der Waals surface area contributed by atoms with Crippen molar-refractivity contribution in [2.75, 3.05) is 13.1 Å². The first-order chi connectivity index (χ1) is 10.1. The van der Waals surface area contributed by atoms with Gasteiger partial charge in [0.15, 0.2) is 0 Å². The molecule has 1 aliphatic rings. The topological polar surface area (TPSA) is 46.8 Å². The molecule has 3 heterocycles. The molecule has 1 unspecified atom stereocenters. The van der Waals surface area contributed by atoms with Crippen LogP contribution in [0.5, 0.6) is 0 Å². The van der Waals surface area contributed by atoms with Gasteiger partial charge < -0.3 is 4.90 Å². The molecule has 112 valence electrons. The van der Waals surface area contributed by atoms with Gasteiger partial charge in [-0.25, -0.2) is 4.98 Å². The summed E-state index contributed by atoms with van der Waals surface area (Å²) in [4.78, 5) is 11.8. The Kier molecular flexibility index (Phi) is 4.01. The van der Waals surface area contributed by atoms with E-state index in [1.807, 2.05) is 31.8 Å². The molecule has 0 aromatic carbocycles. The second-order valence-corrected chi connectivity index (χ2v) is 6.16. The van der Waals surface area contributed by atoms with Gasteiger partial charge >= 0.3 is 0 Å². The van der Waals surface area contributed by atoms with E-state index in [2.05, 4.69) is 28.8 Å². The van der Waals surface area contributed by atoms with Crippen LogP contribution in [0.25, 0.3) is 11.3 Å². The summed E-state index contributed by atoms with van der Waals surface area (Å²) in [5, 5.41) is 4.21. The first kappa shape index (κ1) is 14.2. The molecule has 1 atom stereocenters. The van der Waals surface area contributed by atoms with Crippen LogP contribution in [0, 0.1) is 0 Å². The van der Waals surface area contributed by atoms with Crippen LogP contribution in [-0.4, -0.2) is 43.8 Å². The third-order valence-electron chi connectivity index (χ3n) is 4.26. The maximum Gasteiger partial charge on any atom is 0.0920 e. The van der Waals surface area contributed by atoms with Gasteiger partial charge in [0.2, 0.25) is 0 Å². The highest BCUT2D eigenvalue weighted by Crippen LogP contribution is 2.27. The Labute approximate surface area is 126 Å². The Bertz CT molecular complexity index is 604. The minimum Gasteiger partial charge on any atom is -0.300 e. The highest BCUT2D eigenvalue weighted by atomic mass is 15.2. The average Bonchev–Trinajstić information content (AvgIpc) is 2.94. The molecule has 0 N–H and O–H groups in total. The summed E-state index contributed by atoms with van der Waals surface area (Å²) in [5.41, 5.74) is 3.06. The van der Waals surface area contributed by atoms with Crippen molar-refractivity contribution >= 4 is 0 Å². The van der Waals surface area contributed by atoms with E-state index in [0.717, 1.165) is 23.5 Å². The normalized spacial score (nSPS) is 20.1. The average molecular weight is 285 g/mol. The van der Waals surface area contributed by atoms with Gasteiger partial charge in [-0.1, -0.05) is 0 Å². The lowest BCUT2D eigenvalue weighted by Gasteiger charge is -2.35. The van der Waals surface area contributed by atoms with Crippen molar-refractivity contribution < 1.29 is 0 Å². The van der Waals surface area contributed by atoms with Crippen LogP contribution in [0.3, 0.4) is 0 Å². The van der Waals surface area contributed by atoms with Gasteiger partial charge in [0, 0.05) is 43.5 Å². The molecular weight excluding hydrogens is 262 g/mol. The fourth-order valence-corrected chi connectivity index (χ4v) is 2.99. The van der Waals surface area contributed by atoms with Crippen LogP contribution in [0.15, 0.2) is 24.8 Å². The molecule has 0 aliphatic carbocycles. The summed E-state index contributed by atoms with van der Waals surface area (Å²) in [6.07, 6.45) is 10.0. The smallest absolute Gasteiger partial charge is 0.0920 e. The molecule has 1 fully saturated rings. The van der Waals surface area contributed by atoms with Gasteiger partial charge in [-0.15, -0.1) is 0 Å². The van der Waals surface area contributed by atoms with Gasteiger partial charge in [-0.2, -0.15) is 5.10 Å². The number of piperidine rings is 1. The van der Waals surface area contributed by atoms with Crippen molar-refractivity contribution in [2.24, 2.45) is 7.05 Å². The zero-order valence-electron chi connectivity index (χ0n) is 13.0. The molecule has 0 amide bonds. The highest BCUT2D eigenvalue weighted by molar-refractivity contribution is 5.55. The molecule has 0 spiro atoms. The van der Waals surface area contributed by atoms with Crippen LogP contribution >= 0.6 is 0 Å². The zero-order chi connectivity index (χ0) is 14.8. The largest absolute Gasteiger partial charge is 0.300 e. The summed E-state index contributed by atoms with van der Waals surface area (Å²) < 4.78 is 1.80. The molecule has 0 bridgehead atoms. The molecule has 2 aromatic rings. The Balaban J connectivity index is 1.82. The number of nitrogens with zero attached hydrogens (tertiary/aromatic N) is 5. The summed E-state index contributed by atoms with van der Waals surface area (Å²) in [5.74, 6) is 0.491. The monoisotopic (exact) mass is 285 g/mol. The van der Waals surface area contributed by atoms with E-state index in [4.69, 9.17) is 4.98 Å². The number of aromatic nitrogens is 4. The number of hydrogen-bond donors (Lipinski definition) is 0. The molecule has 3 rings (SSSR count). The lowest BCUT2D eigenvalue weighted by Crippen LogP contribution is -2.39. The van der Waals surface area contributed by atoms with Crippen LogP contribution < -0.4 is 0 Å². The molecule has 1 saturated heterocycles. The van der Waals surface area contributed by atoms with Gasteiger partial charge in [-0.3, -0.25) is 9.67 Å². The lowest BCUT2D eigenvalue weighted by molar-refractivity contribution is 0.166. The Morgan fingerprint density at radius 2 is 2.10 bits per heavy atom. The number of rotatable bonds is 3. The van der Waals surface area contributed by atoms with E-state index in [0.29, 0.717) is 12.0 Å². The van der Waals surface area contributed by atoms with Crippen molar-refractivity contribution in [1.82, 2.24) is 24.6 Å². The first-order valence-electron chi connectivity index (χ1n) is 7.68. The van der Waals surface area contributed by atoms with Crippen LogP contribution in [-0.2, 0) is 7.05 Å². The van der Waals surface area contributed by atoms with Crippen molar-refractivity contribution in [3.05, 3.63) is 30.5 Å². The minimum atomic E-state index is 0.491. The SMILES string of the molecule is CC(C)N1CCCC(c2cncc(-c3cnn(C)c3)n2)C1. The molecule has 0 radical (unpaired) electrons. The summed E-state index contributed by atoms with van der Waals surface area (Å²) >= 11 is 0. The van der Waals surface area contributed by atoms with Gasteiger partial charge in [0.25, 0.3) is 0 Å². The van der Waals surface area contributed by atoms with Gasteiger partial charge in [0.05, 0.1) is 23.8 Å². The fraction of sp³-hybridized carbons (Fsp3) is 0.562. The van der Waals surface area contributed by atoms with Crippen LogP contribution in [0.4, 0.5) is 0 Å². The zero-order valence-corrected chi connectivity index (χ0v) is 13.0. The number of likely N-dealkylation sites (tertiary alicyclic amines) is 1. The molecule has 2 aromatic heterocycles. The van der Waals surface area contributed by atoms with E-state index in [1.54, 1.807) is 4.68 Å². The standard InChI is InChI=1S/C16H23N5/c1-12(2)21-6-4-5-13(11-21)15-8-17-9-16(19-15)14-7-18-20(3)10-14/h7-10,12-13H,4-6,11H2,1-3H3. The maximum atomic E-state index is 4.83. The molecule has 5 nitrogen and oxygen atoms in total. The lowest BCUT2D eigenvalue weighted by atomic mass is 9.94. The molecule has 0 saturated carbocycles. The molecule has 21 heavy (non-hydrogen) atoms. The Hall–Kier alpha value is -1.75. The van der Waals surface area contributed by atoms with Crippen LogP contribution in [0.2, 0.25) is 0 Å². The van der Waals surface area contributed by atoms with Crippen molar-refractivity contribution in [1.29, 1.82) is 0 Å². The van der Waals surface area contributed by atoms with E-state index in [9.17, 15) is 0 Å². The first-order valence-corrected chi connectivity index (χ1v) is 7.68. The van der Waals surface area contributed by atoms with Crippen LogP contribution in [0.1, 0.15) is 38.3 Å². The van der Waals surface area contributed by atoms with E-state index in [-0.39, 0.29) is 0 Å².